The molecule has 1 aliphatic carbocycles. The third kappa shape index (κ3) is 6.79. The zero-order chi connectivity index (χ0) is 26.5. The lowest BCUT2D eigenvalue weighted by molar-refractivity contribution is 0.207. The second-order valence-electron chi connectivity index (χ2n) is 9.51. The molecule has 0 saturated heterocycles. The van der Waals surface area contributed by atoms with Gasteiger partial charge >= 0.3 is 6.03 Å². The first-order valence-electron chi connectivity index (χ1n) is 12.6. The van der Waals surface area contributed by atoms with E-state index in [0.29, 0.717) is 17.4 Å². The number of carbonyl (C=O) groups excluding carboxylic acids is 1. The maximum atomic E-state index is 13.3. The van der Waals surface area contributed by atoms with Crippen molar-refractivity contribution in [1.82, 2.24) is 9.88 Å². The molecule has 2 N–H and O–H groups in total. The van der Waals surface area contributed by atoms with Gasteiger partial charge in [0.2, 0.25) is 10.0 Å². The number of benzene rings is 3. The fraction of sp³-hybridized carbons (Fsp3) is 0.241. The largest absolute Gasteiger partial charge is 0.323 e. The highest BCUT2D eigenvalue weighted by Crippen LogP contribution is 2.33. The summed E-state index contributed by atoms with van der Waals surface area (Å²) in [5.74, 6) is 0.207. The third-order valence-electron chi connectivity index (χ3n) is 6.51. The number of hydrogen-bond donors (Lipinski definition) is 2. The van der Waals surface area contributed by atoms with Gasteiger partial charge in [0.05, 0.1) is 11.9 Å². The first kappa shape index (κ1) is 25.9. The average molecular weight is 547 g/mol. The molecule has 196 valence electrons. The lowest BCUT2D eigenvalue weighted by atomic mass is 9.88. The maximum Gasteiger partial charge on any atom is 0.323 e. The van der Waals surface area contributed by atoms with Crippen LogP contribution in [0.25, 0.3) is 11.3 Å². The van der Waals surface area contributed by atoms with Crippen LogP contribution in [0.3, 0.4) is 0 Å². The lowest BCUT2D eigenvalue weighted by Crippen LogP contribution is -2.38. The molecule has 1 saturated carbocycles. The van der Waals surface area contributed by atoms with Crippen LogP contribution in [0.2, 0.25) is 0 Å². The highest BCUT2D eigenvalue weighted by Gasteiger charge is 2.33. The van der Waals surface area contributed by atoms with Crippen LogP contribution in [0.15, 0.2) is 90.3 Å². The van der Waals surface area contributed by atoms with Crippen LogP contribution in [0, 0.1) is 0 Å². The normalized spacial score (nSPS) is 13.3. The summed E-state index contributed by atoms with van der Waals surface area (Å²) in [7, 11) is -3.33. The Balaban J connectivity index is 1.25. The smallest absolute Gasteiger partial charge is 0.321 e. The minimum atomic E-state index is -3.33. The number of thiazole rings is 1. The molecule has 0 aliphatic heterocycles. The van der Waals surface area contributed by atoms with Crippen LogP contribution >= 0.6 is 11.3 Å². The molecule has 38 heavy (non-hydrogen) atoms. The van der Waals surface area contributed by atoms with E-state index in [1.807, 2.05) is 22.4 Å². The van der Waals surface area contributed by atoms with Crippen molar-refractivity contribution < 1.29 is 13.2 Å². The number of nitrogens with one attached hydrogen (secondary N) is 2. The molecule has 9 heteroatoms. The predicted octanol–water partition coefficient (Wildman–Crippen LogP) is 6.40. The van der Waals surface area contributed by atoms with Crippen LogP contribution in [0.5, 0.6) is 0 Å². The Bertz CT molecular complexity index is 1430. The average Bonchev–Trinajstić information content (AvgIpc) is 3.64. The van der Waals surface area contributed by atoms with Crippen LogP contribution < -0.4 is 10.0 Å². The van der Waals surface area contributed by atoms with Crippen molar-refractivity contribution in [3.63, 3.8) is 0 Å². The quantitative estimate of drug-likeness (QED) is 0.241. The molecule has 5 rings (SSSR count). The van der Waals surface area contributed by atoms with Gasteiger partial charge in [-0.3, -0.25) is 10.0 Å². The number of hydrogen-bond acceptors (Lipinski definition) is 5. The van der Waals surface area contributed by atoms with Gasteiger partial charge in [-0.15, -0.1) is 11.3 Å². The third-order valence-corrected chi connectivity index (χ3v) is 7.88. The minimum Gasteiger partial charge on any atom is -0.321 e. The van der Waals surface area contributed by atoms with E-state index in [-0.39, 0.29) is 18.0 Å². The molecular weight excluding hydrogens is 516 g/mol. The molecule has 0 atom stereocenters. The standard InChI is InChI=1S/C29H30N4O3S2/c1-38(35,36)32-24-14-12-23(13-15-24)27-20-37-28(30-27)31-29(34)33(25-16-17-25)19-18-26(21-8-4-2-5-9-21)22-10-6-3-7-11-22/h2-15,20,25-26,32H,16-19H2,1H3,(H,30,31,34). The second kappa shape index (κ2) is 11.4. The summed E-state index contributed by atoms with van der Waals surface area (Å²) in [4.78, 5) is 19.9. The molecule has 1 fully saturated rings. The first-order chi connectivity index (χ1) is 18.4. The van der Waals surface area contributed by atoms with Crippen molar-refractivity contribution in [3.8, 4) is 11.3 Å². The fourth-order valence-corrected chi connectivity index (χ4v) is 5.82. The summed E-state index contributed by atoms with van der Waals surface area (Å²) < 4.78 is 25.3. The molecule has 1 heterocycles. The van der Waals surface area contributed by atoms with E-state index in [1.165, 1.54) is 22.5 Å². The highest BCUT2D eigenvalue weighted by atomic mass is 32.2. The Morgan fingerprint density at radius 3 is 2.13 bits per heavy atom. The van der Waals surface area contributed by atoms with E-state index in [9.17, 15) is 13.2 Å². The van der Waals surface area contributed by atoms with Crippen molar-refractivity contribution in [2.24, 2.45) is 0 Å². The Hall–Kier alpha value is -3.69. The number of carbonyl (C=O) groups is 1. The highest BCUT2D eigenvalue weighted by molar-refractivity contribution is 7.92. The summed E-state index contributed by atoms with van der Waals surface area (Å²) in [6.45, 7) is 0.651. The second-order valence-corrected chi connectivity index (χ2v) is 12.1. The van der Waals surface area contributed by atoms with Gasteiger partial charge in [0, 0.05) is 35.1 Å². The van der Waals surface area contributed by atoms with Gasteiger partial charge < -0.3 is 4.90 Å². The molecule has 1 aliphatic rings. The van der Waals surface area contributed by atoms with Crippen molar-refractivity contribution >= 4 is 38.2 Å². The van der Waals surface area contributed by atoms with Gasteiger partial charge in [0.1, 0.15) is 0 Å². The Morgan fingerprint density at radius 2 is 1.58 bits per heavy atom. The van der Waals surface area contributed by atoms with Gasteiger partial charge in [-0.05, 0) is 42.5 Å². The van der Waals surface area contributed by atoms with Gasteiger partial charge in [-0.1, -0.05) is 72.8 Å². The Labute approximate surface area is 227 Å². The molecule has 0 radical (unpaired) electrons. The van der Waals surface area contributed by atoms with Crippen molar-refractivity contribution in [2.45, 2.75) is 31.2 Å². The maximum absolute atomic E-state index is 13.3. The monoisotopic (exact) mass is 546 g/mol. The molecule has 0 unspecified atom stereocenters. The first-order valence-corrected chi connectivity index (χ1v) is 15.3. The minimum absolute atomic E-state index is 0.124. The molecule has 2 amide bonds. The number of amides is 2. The zero-order valence-electron chi connectivity index (χ0n) is 21.1. The van der Waals surface area contributed by atoms with Crippen LogP contribution in [-0.4, -0.2) is 43.2 Å². The molecule has 0 bridgehead atoms. The van der Waals surface area contributed by atoms with Crippen molar-refractivity contribution in [1.29, 1.82) is 0 Å². The van der Waals surface area contributed by atoms with E-state index in [1.54, 1.807) is 24.3 Å². The predicted molar refractivity (Wildman–Crippen MR) is 154 cm³/mol. The van der Waals surface area contributed by atoms with Crippen molar-refractivity contribution in [2.75, 3.05) is 22.8 Å². The molecule has 4 aromatic rings. The lowest BCUT2D eigenvalue weighted by Gasteiger charge is -2.26. The van der Waals surface area contributed by atoms with Crippen LogP contribution in [0.1, 0.15) is 36.3 Å². The van der Waals surface area contributed by atoms with E-state index in [2.05, 4.69) is 63.6 Å². The van der Waals surface area contributed by atoms with Gasteiger partial charge in [0.25, 0.3) is 0 Å². The summed E-state index contributed by atoms with van der Waals surface area (Å²) in [6, 6.07) is 28.0. The topological polar surface area (TPSA) is 91.4 Å². The van der Waals surface area contributed by atoms with Crippen molar-refractivity contribution in [3.05, 3.63) is 101 Å². The number of nitrogens with zero attached hydrogens (tertiary/aromatic N) is 2. The zero-order valence-corrected chi connectivity index (χ0v) is 22.7. The number of sulfonamides is 1. The molecule has 3 aromatic carbocycles. The van der Waals surface area contributed by atoms with E-state index < -0.39 is 10.0 Å². The molecule has 7 nitrogen and oxygen atoms in total. The van der Waals surface area contributed by atoms with Gasteiger partial charge in [-0.2, -0.15) is 0 Å². The summed E-state index contributed by atoms with van der Waals surface area (Å²) in [5, 5.41) is 5.43. The number of aromatic nitrogens is 1. The summed E-state index contributed by atoms with van der Waals surface area (Å²) in [5.41, 5.74) is 4.55. The fourth-order valence-electron chi connectivity index (χ4n) is 4.55. The molecular formula is C29H30N4O3S2. The summed E-state index contributed by atoms with van der Waals surface area (Å²) in [6.07, 6.45) is 3.98. The van der Waals surface area contributed by atoms with Gasteiger partial charge in [0.15, 0.2) is 5.13 Å². The Kier molecular flexibility index (Phi) is 7.76. The molecule has 1 aromatic heterocycles. The number of urea groups is 1. The van der Waals surface area contributed by atoms with Crippen LogP contribution in [0.4, 0.5) is 15.6 Å². The van der Waals surface area contributed by atoms with Crippen LogP contribution in [-0.2, 0) is 10.0 Å². The van der Waals surface area contributed by atoms with Gasteiger partial charge in [-0.25, -0.2) is 18.2 Å². The number of rotatable bonds is 10. The van der Waals surface area contributed by atoms with E-state index in [0.717, 1.165) is 36.8 Å². The van der Waals surface area contributed by atoms with E-state index >= 15 is 0 Å². The molecule has 0 spiro atoms. The number of anilines is 2. The van der Waals surface area contributed by atoms with E-state index in [4.69, 9.17) is 0 Å². The Morgan fingerprint density at radius 1 is 0.974 bits per heavy atom. The summed E-state index contributed by atoms with van der Waals surface area (Å²) >= 11 is 1.37. The SMILES string of the molecule is CS(=O)(=O)Nc1ccc(-c2csc(NC(=O)N(CCC(c3ccccc3)c3ccccc3)C3CC3)n2)cc1.